The maximum Gasteiger partial charge on any atom is 0.326 e. The van der Waals surface area contributed by atoms with Gasteiger partial charge >= 0.3 is 6.03 Å². The molecule has 0 aromatic heterocycles. The lowest BCUT2D eigenvalue weighted by Gasteiger charge is -2.40. The molecule has 1 aliphatic rings. The van der Waals surface area contributed by atoms with Crippen molar-refractivity contribution in [2.45, 2.75) is 39.9 Å². The molecule has 2 unspecified atom stereocenters. The number of carbonyl (C=O) groups excluding carboxylic acids is 2. The zero-order valence-electron chi connectivity index (χ0n) is 15.1. The van der Waals surface area contributed by atoms with Crippen molar-refractivity contribution in [3.8, 4) is 6.07 Å². The Hall–Kier alpha value is -2.55. The predicted octanol–water partition coefficient (Wildman–Crippen LogP) is 2.65. The quantitative estimate of drug-likeness (QED) is 0.796. The van der Waals surface area contributed by atoms with E-state index in [1.54, 1.807) is 55.1 Å². The first-order valence-corrected chi connectivity index (χ1v) is 7.92. The summed E-state index contributed by atoms with van der Waals surface area (Å²) in [7, 11) is 3.42. The van der Waals surface area contributed by atoms with Crippen molar-refractivity contribution in [1.29, 1.82) is 5.26 Å². The number of anilines is 1. The first kappa shape index (κ1) is 17.8. The average molecular weight is 328 g/mol. The van der Waals surface area contributed by atoms with Crippen molar-refractivity contribution in [3.63, 3.8) is 0 Å². The molecule has 128 valence electrons. The van der Waals surface area contributed by atoms with Crippen LogP contribution in [0.25, 0.3) is 0 Å². The van der Waals surface area contributed by atoms with Crippen molar-refractivity contribution in [2.24, 2.45) is 5.41 Å². The fourth-order valence-electron chi connectivity index (χ4n) is 3.24. The van der Waals surface area contributed by atoms with Gasteiger partial charge < -0.3 is 4.90 Å². The number of nitrogens with zero attached hydrogens (tertiary/aromatic N) is 4. The summed E-state index contributed by atoms with van der Waals surface area (Å²) in [5.74, 6) is -0.0588. The Labute approximate surface area is 143 Å². The van der Waals surface area contributed by atoms with Crippen molar-refractivity contribution in [3.05, 3.63) is 29.8 Å². The molecule has 0 spiro atoms. The summed E-state index contributed by atoms with van der Waals surface area (Å²) in [6, 6.07) is 8.12. The maximum atomic E-state index is 13.1. The number of hydrogen-bond donors (Lipinski definition) is 0. The molecule has 1 heterocycles. The molecule has 2 atom stereocenters. The molecule has 24 heavy (non-hydrogen) atoms. The molecule has 6 heteroatoms. The van der Waals surface area contributed by atoms with E-state index in [1.165, 1.54) is 4.90 Å². The second kappa shape index (κ2) is 6.16. The van der Waals surface area contributed by atoms with Crippen LogP contribution in [-0.4, -0.2) is 48.0 Å². The third kappa shape index (κ3) is 2.94. The molecule has 0 bridgehead atoms. The summed E-state index contributed by atoms with van der Waals surface area (Å²) < 4.78 is 0. The van der Waals surface area contributed by atoms with Crippen molar-refractivity contribution >= 4 is 17.6 Å². The van der Waals surface area contributed by atoms with Crippen molar-refractivity contribution in [1.82, 2.24) is 9.80 Å². The van der Waals surface area contributed by atoms with E-state index in [1.807, 2.05) is 20.8 Å². The summed E-state index contributed by atoms with van der Waals surface area (Å²) in [4.78, 5) is 30.3. The Kier molecular flexibility index (Phi) is 4.57. The van der Waals surface area contributed by atoms with Gasteiger partial charge in [0, 0.05) is 25.2 Å². The topological polar surface area (TPSA) is 67.7 Å². The van der Waals surface area contributed by atoms with E-state index in [2.05, 4.69) is 6.07 Å². The Balaban J connectivity index is 2.34. The molecule has 6 nitrogen and oxygen atoms in total. The van der Waals surface area contributed by atoms with Gasteiger partial charge in [0.15, 0.2) is 0 Å². The fraction of sp³-hybridized carbons (Fsp3) is 0.500. The molecule has 1 aromatic rings. The number of carbonyl (C=O) groups is 2. The summed E-state index contributed by atoms with van der Waals surface area (Å²) in [5.41, 5.74) is 0.952. The molecule has 1 aromatic carbocycles. The van der Waals surface area contributed by atoms with Gasteiger partial charge in [-0.1, -0.05) is 20.8 Å². The summed E-state index contributed by atoms with van der Waals surface area (Å²) in [5, 5.41) is 8.88. The van der Waals surface area contributed by atoms with Gasteiger partial charge in [-0.2, -0.15) is 5.26 Å². The standard InChI is InChI=1S/C18H24N4O2/c1-12-15(23)21(6)16(18(2,3)4)22(12)17(24)20(5)14-9-7-13(11-19)8-10-14/h7-10,12,16H,1-6H3. The summed E-state index contributed by atoms with van der Waals surface area (Å²) in [6.45, 7) is 7.81. The van der Waals surface area contributed by atoms with E-state index >= 15 is 0 Å². The monoisotopic (exact) mass is 328 g/mol. The van der Waals surface area contributed by atoms with E-state index < -0.39 is 6.04 Å². The highest BCUT2D eigenvalue weighted by atomic mass is 16.2. The number of rotatable bonds is 1. The van der Waals surface area contributed by atoms with Crippen molar-refractivity contribution < 1.29 is 9.59 Å². The zero-order chi connectivity index (χ0) is 18.2. The first-order chi connectivity index (χ1) is 11.1. The van der Waals surface area contributed by atoms with Crippen LogP contribution in [0.1, 0.15) is 33.3 Å². The van der Waals surface area contributed by atoms with Crippen LogP contribution < -0.4 is 4.90 Å². The molecule has 1 fully saturated rings. The average Bonchev–Trinajstić information content (AvgIpc) is 2.77. The van der Waals surface area contributed by atoms with Crippen LogP contribution in [0.3, 0.4) is 0 Å². The van der Waals surface area contributed by atoms with E-state index in [0.717, 1.165) is 0 Å². The normalized spacial score (nSPS) is 21.0. The van der Waals surface area contributed by atoms with Gasteiger partial charge in [0.1, 0.15) is 12.2 Å². The number of amides is 3. The number of benzene rings is 1. The summed E-state index contributed by atoms with van der Waals surface area (Å²) >= 11 is 0. The number of hydrogen-bond acceptors (Lipinski definition) is 3. The summed E-state index contributed by atoms with van der Waals surface area (Å²) in [6.07, 6.45) is -0.312. The number of nitriles is 1. The molecule has 0 N–H and O–H groups in total. The Morgan fingerprint density at radius 3 is 2.25 bits per heavy atom. The van der Waals surface area contributed by atoms with Gasteiger partial charge in [-0.15, -0.1) is 0 Å². The molecular weight excluding hydrogens is 304 g/mol. The first-order valence-electron chi connectivity index (χ1n) is 7.92. The van der Waals surface area contributed by atoms with Crippen LogP contribution in [0, 0.1) is 16.7 Å². The minimum absolute atomic E-state index is 0.0588. The third-order valence-corrected chi connectivity index (χ3v) is 4.42. The number of likely N-dealkylation sites (N-methyl/N-ethyl adjacent to an activating group) is 1. The SMILES string of the molecule is CC1C(=O)N(C)C(C(C)(C)C)N1C(=O)N(C)c1ccc(C#N)cc1. The van der Waals surface area contributed by atoms with Gasteiger partial charge in [-0.05, 0) is 31.2 Å². The largest absolute Gasteiger partial charge is 0.326 e. The van der Waals surface area contributed by atoms with Crippen LogP contribution in [0.15, 0.2) is 24.3 Å². The Morgan fingerprint density at radius 2 is 1.79 bits per heavy atom. The third-order valence-electron chi connectivity index (χ3n) is 4.42. The van der Waals surface area contributed by atoms with E-state index in [9.17, 15) is 9.59 Å². The van der Waals surface area contributed by atoms with Crippen LogP contribution in [0.5, 0.6) is 0 Å². The second-order valence-electron chi connectivity index (χ2n) is 7.27. The van der Waals surface area contributed by atoms with Gasteiger partial charge in [-0.3, -0.25) is 14.6 Å². The van der Waals surface area contributed by atoms with Crippen molar-refractivity contribution in [2.75, 3.05) is 19.0 Å². The van der Waals surface area contributed by atoms with Crippen LogP contribution in [0.2, 0.25) is 0 Å². The Bertz CT molecular complexity index is 684. The van der Waals surface area contributed by atoms with Crippen LogP contribution in [0.4, 0.5) is 10.5 Å². The molecule has 0 aliphatic carbocycles. The van der Waals surface area contributed by atoms with Gasteiger partial charge in [-0.25, -0.2) is 4.79 Å². The van der Waals surface area contributed by atoms with E-state index in [0.29, 0.717) is 11.3 Å². The zero-order valence-corrected chi connectivity index (χ0v) is 15.1. The minimum atomic E-state index is -0.507. The maximum absolute atomic E-state index is 13.1. The van der Waals surface area contributed by atoms with Crippen LogP contribution >= 0.6 is 0 Å². The molecular formula is C18H24N4O2. The molecule has 3 amide bonds. The minimum Gasteiger partial charge on any atom is -0.323 e. The molecule has 0 radical (unpaired) electrons. The van der Waals surface area contributed by atoms with E-state index in [-0.39, 0.29) is 23.5 Å². The van der Waals surface area contributed by atoms with E-state index in [4.69, 9.17) is 5.26 Å². The van der Waals surface area contributed by atoms with Gasteiger partial charge in [0.2, 0.25) is 5.91 Å². The fourth-order valence-corrected chi connectivity index (χ4v) is 3.24. The number of urea groups is 1. The molecule has 1 saturated heterocycles. The lowest BCUT2D eigenvalue weighted by atomic mass is 9.91. The Morgan fingerprint density at radius 1 is 1.25 bits per heavy atom. The highest BCUT2D eigenvalue weighted by molar-refractivity contribution is 5.97. The highest BCUT2D eigenvalue weighted by Crippen LogP contribution is 2.34. The lowest BCUT2D eigenvalue weighted by Crippen LogP contribution is -2.54. The molecule has 2 rings (SSSR count). The second-order valence-corrected chi connectivity index (χ2v) is 7.27. The van der Waals surface area contributed by atoms with Gasteiger partial charge in [0.05, 0.1) is 11.6 Å². The lowest BCUT2D eigenvalue weighted by molar-refractivity contribution is -0.129. The predicted molar refractivity (Wildman–Crippen MR) is 92.3 cm³/mol. The molecule has 0 saturated carbocycles. The molecule has 1 aliphatic heterocycles. The van der Waals surface area contributed by atoms with Gasteiger partial charge in [0.25, 0.3) is 0 Å². The highest BCUT2D eigenvalue weighted by Gasteiger charge is 2.50. The van der Waals surface area contributed by atoms with Crippen LogP contribution in [-0.2, 0) is 4.79 Å². The smallest absolute Gasteiger partial charge is 0.323 e.